The fraction of sp³-hybridized carbons (Fsp3) is 0.231. The number of aryl methyl sites for hydroxylation is 1. The van der Waals surface area contributed by atoms with E-state index in [1.807, 2.05) is 24.3 Å². The minimum atomic E-state index is -0.813. The predicted molar refractivity (Wildman–Crippen MR) is 69.5 cm³/mol. The molecule has 0 fully saturated rings. The summed E-state index contributed by atoms with van der Waals surface area (Å²) in [6, 6.07) is 9.97. The monoisotopic (exact) mass is 247 g/mol. The van der Waals surface area contributed by atoms with E-state index in [1.54, 1.807) is 0 Å². The molecule has 0 radical (unpaired) electrons. The van der Waals surface area contributed by atoms with E-state index in [0.29, 0.717) is 0 Å². The largest absolute Gasteiger partial charge is 0.481 e. The first-order chi connectivity index (χ1) is 8.20. The second-order valence-corrected chi connectivity index (χ2v) is 4.65. The Labute approximate surface area is 104 Å². The molecule has 1 heterocycles. The first-order valence-corrected chi connectivity index (χ1v) is 6.42. The lowest BCUT2D eigenvalue weighted by Gasteiger charge is -2.07. The van der Waals surface area contributed by atoms with Crippen LogP contribution in [0.25, 0.3) is 10.9 Å². The van der Waals surface area contributed by atoms with Crippen molar-refractivity contribution in [3.8, 4) is 0 Å². The van der Waals surface area contributed by atoms with E-state index in [-0.39, 0.29) is 5.75 Å². The van der Waals surface area contributed by atoms with Crippen molar-refractivity contribution in [1.82, 2.24) is 4.98 Å². The molecular formula is C13H13NO2S. The van der Waals surface area contributed by atoms with Crippen molar-refractivity contribution < 1.29 is 9.90 Å². The Kier molecular flexibility index (Phi) is 3.64. The Hall–Kier alpha value is -1.55. The van der Waals surface area contributed by atoms with E-state index in [9.17, 15) is 4.79 Å². The summed E-state index contributed by atoms with van der Waals surface area (Å²) in [4.78, 5) is 15.1. The molecule has 1 aromatic heterocycles. The minimum absolute atomic E-state index is 0.0539. The molecule has 1 N–H and O–H groups in total. The predicted octanol–water partition coefficient (Wildman–Crippen LogP) is 2.97. The van der Waals surface area contributed by atoms with Gasteiger partial charge in [0.2, 0.25) is 0 Å². The third-order valence-corrected chi connectivity index (χ3v) is 3.49. The number of para-hydroxylation sites is 1. The van der Waals surface area contributed by atoms with Crippen molar-refractivity contribution in [2.75, 3.05) is 5.75 Å². The van der Waals surface area contributed by atoms with Gasteiger partial charge in [0.1, 0.15) is 5.03 Å². The Bertz CT molecular complexity index is 554. The quantitative estimate of drug-likeness (QED) is 0.844. The number of nitrogens with zero attached hydrogens (tertiary/aromatic N) is 1. The third-order valence-electron chi connectivity index (χ3n) is 2.48. The first kappa shape index (κ1) is 11.9. The summed E-state index contributed by atoms with van der Waals surface area (Å²) in [7, 11) is 0. The summed E-state index contributed by atoms with van der Waals surface area (Å²) in [6.45, 7) is 2.05. The molecule has 2 rings (SSSR count). The summed E-state index contributed by atoms with van der Waals surface area (Å²) in [5.74, 6) is -0.759. The molecule has 0 saturated heterocycles. The van der Waals surface area contributed by atoms with Crippen molar-refractivity contribution >= 4 is 28.6 Å². The molecule has 0 aliphatic carbocycles. The average Bonchev–Trinajstić information content (AvgIpc) is 2.35. The molecule has 3 nitrogen and oxygen atoms in total. The van der Waals surface area contributed by atoms with Crippen LogP contribution in [-0.4, -0.2) is 21.8 Å². The number of hydrogen-bond donors (Lipinski definition) is 1. The number of pyridine rings is 1. The molecule has 88 valence electrons. The van der Waals surface area contributed by atoms with E-state index < -0.39 is 5.97 Å². The smallest absolute Gasteiger partial charge is 0.313 e. The van der Waals surface area contributed by atoms with Crippen LogP contribution in [0.1, 0.15) is 12.5 Å². The van der Waals surface area contributed by atoms with Gasteiger partial charge in [-0.25, -0.2) is 4.98 Å². The molecule has 1 aromatic carbocycles. The number of benzene rings is 1. The fourth-order valence-electron chi connectivity index (χ4n) is 1.65. The SMILES string of the molecule is CCc1cc2ccccc2nc1SCC(=O)O. The van der Waals surface area contributed by atoms with Gasteiger partial charge < -0.3 is 5.11 Å². The Morgan fingerprint density at radius 1 is 1.41 bits per heavy atom. The normalized spacial score (nSPS) is 10.6. The van der Waals surface area contributed by atoms with Crippen LogP contribution in [-0.2, 0) is 11.2 Å². The number of carboxylic acids is 1. The lowest BCUT2D eigenvalue weighted by atomic mass is 10.1. The van der Waals surface area contributed by atoms with E-state index in [0.717, 1.165) is 27.9 Å². The topological polar surface area (TPSA) is 50.2 Å². The van der Waals surface area contributed by atoms with Crippen LogP contribution in [0, 0.1) is 0 Å². The highest BCUT2D eigenvalue weighted by molar-refractivity contribution is 7.99. The zero-order valence-electron chi connectivity index (χ0n) is 9.51. The number of carbonyl (C=O) groups is 1. The molecule has 0 saturated carbocycles. The number of rotatable bonds is 4. The summed E-state index contributed by atoms with van der Waals surface area (Å²) >= 11 is 1.28. The molecule has 0 unspecified atom stereocenters. The zero-order chi connectivity index (χ0) is 12.3. The van der Waals surface area contributed by atoms with Crippen molar-refractivity contribution in [3.63, 3.8) is 0 Å². The van der Waals surface area contributed by atoms with E-state index >= 15 is 0 Å². The van der Waals surface area contributed by atoms with Crippen molar-refractivity contribution in [2.45, 2.75) is 18.4 Å². The lowest BCUT2D eigenvalue weighted by molar-refractivity contribution is -0.133. The standard InChI is InChI=1S/C13H13NO2S/c1-2-9-7-10-5-3-4-6-11(10)14-13(9)17-8-12(15)16/h3-7H,2,8H2,1H3,(H,15,16). The maximum Gasteiger partial charge on any atom is 0.313 e. The average molecular weight is 247 g/mol. The Morgan fingerprint density at radius 3 is 2.88 bits per heavy atom. The molecule has 0 amide bonds. The van der Waals surface area contributed by atoms with Crippen molar-refractivity contribution in [3.05, 3.63) is 35.9 Å². The molecule has 2 aromatic rings. The van der Waals surface area contributed by atoms with E-state index in [2.05, 4.69) is 18.0 Å². The molecule has 4 heteroatoms. The van der Waals surface area contributed by atoms with Gasteiger partial charge >= 0.3 is 5.97 Å². The minimum Gasteiger partial charge on any atom is -0.481 e. The summed E-state index contributed by atoms with van der Waals surface area (Å²) in [5, 5.41) is 10.6. The van der Waals surface area contributed by atoms with Crippen molar-refractivity contribution in [1.29, 1.82) is 0 Å². The summed E-state index contributed by atoms with van der Waals surface area (Å²) in [5.41, 5.74) is 2.02. The van der Waals surface area contributed by atoms with Crippen LogP contribution in [0.2, 0.25) is 0 Å². The van der Waals surface area contributed by atoms with Gasteiger partial charge in [-0.15, -0.1) is 0 Å². The van der Waals surface area contributed by atoms with Gasteiger partial charge in [0.05, 0.1) is 11.3 Å². The first-order valence-electron chi connectivity index (χ1n) is 5.44. The molecule has 0 aliphatic heterocycles. The molecule has 0 bridgehead atoms. The second-order valence-electron chi connectivity index (χ2n) is 3.68. The van der Waals surface area contributed by atoms with Crippen LogP contribution in [0.4, 0.5) is 0 Å². The molecular weight excluding hydrogens is 234 g/mol. The van der Waals surface area contributed by atoms with Gasteiger partial charge in [-0.05, 0) is 24.1 Å². The zero-order valence-corrected chi connectivity index (χ0v) is 10.3. The Morgan fingerprint density at radius 2 is 2.18 bits per heavy atom. The number of hydrogen-bond acceptors (Lipinski definition) is 3. The van der Waals surface area contributed by atoms with Gasteiger partial charge in [0, 0.05) is 5.39 Å². The van der Waals surface area contributed by atoms with E-state index in [4.69, 9.17) is 5.11 Å². The van der Waals surface area contributed by atoms with Crippen LogP contribution >= 0.6 is 11.8 Å². The number of aliphatic carboxylic acids is 1. The maximum absolute atomic E-state index is 10.6. The van der Waals surface area contributed by atoms with Crippen LogP contribution in [0.15, 0.2) is 35.4 Å². The van der Waals surface area contributed by atoms with Gasteiger partial charge in [-0.3, -0.25) is 4.79 Å². The van der Waals surface area contributed by atoms with Gasteiger partial charge in [0.25, 0.3) is 0 Å². The van der Waals surface area contributed by atoms with Crippen LogP contribution in [0.5, 0.6) is 0 Å². The number of thioether (sulfide) groups is 1. The molecule has 0 spiro atoms. The van der Waals surface area contributed by atoms with Crippen LogP contribution < -0.4 is 0 Å². The van der Waals surface area contributed by atoms with E-state index in [1.165, 1.54) is 11.8 Å². The molecule has 0 aliphatic rings. The molecule has 0 atom stereocenters. The lowest BCUT2D eigenvalue weighted by Crippen LogP contribution is -2.00. The number of fused-ring (bicyclic) bond motifs is 1. The highest BCUT2D eigenvalue weighted by atomic mass is 32.2. The number of aromatic nitrogens is 1. The van der Waals surface area contributed by atoms with Gasteiger partial charge in [-0.2, -0.15) is 0 Å². The maximum atomic E-state index is 10.6. The highest BCUT2D eigenvalue weighted by Gasteiger charge is 2.08. The molecule has 17 heavy (non-hydrogen) atoms. The van der Waals surface area contributed by atoms with Gasteiger partial charge in [0.15, 0.2) is 0 Å². The second kappa shape index (κ2) is 5.19. The highest BCUT2D eigenvalue weighted by Crippen LogP contribution is 2.25. The Balaban J connectivity index is 2.41. The fourth-order valence-corrected chi connectivity index (χ4v) is 2.46. The van der Waals surface area contributed by atoms with Crippen LogP contribution in [0.3, 0.4) is 0 Å². The number of carboxylic acid groups (broad SMARTS) is 1. The van der Waals surface area contributed by atoms with Gasteiger partial charge in [-0.1, -0.05) is 36.9 Å². The summed E-state index contributed by atoms with van der Waals surface area (Å²) < 4.78 is 0. The summed E-state index contributed by atoms with van der Waals surface area (Å²) in [6.07, 6.45) is 0.861. The van der Waals surface area contributed by atoms with Crippen molar-refractivity contribution in [2.24, 2.45) is 0 Å². The third kappa shape index (κ3) is 2.77.